The van der Waals surface area contributed by atoms with Gasteiger partial charge in [-0.1, -0.05) is 42.5 Å². The Bertz CT molecular complexity index is 934. The lowest BCUT2D eigenvalue weighted by Crippen LogP contribution is -2.45. The van der Waals surface area contributed by atoms with Crippen LogP contribution in [0.4, 0.5) is 0 Å². The Labute approximate surface area is 152 Å². The Hall–Kier alpha value is -2.66. The Balaban J connectivity index is 1.49. The van der Waals surface area contributed by atoms with Gasteiger partial charge in [0.1, 0.15) is 5.69 Å². The van der Waals surface area contributed by atoms with E-state index in [-0.39, 0.29) is 11.8 Å². The molecule has 3 aromatic rings. The number of nitrogens with zero attached hydrogens (tertiary/aromatic N) is 3. The second-order valence-electron chi connectivity index (χ2n) is 6.88. The van der Waals surface area contributed by atoms with E-state index < -0.39 is 6.10 Å². The van der Waals surface area contributed by atoms with Gasteiger partial charge in [0.25, 0.3) is 5.91 Å². The minimum Gasteiger partial charge on any atom is -0.391 e. The Morgan fingerprint density at radius 1 is 1.19 bits per heavy atom. The molecule has 5 heteroatoms. The summed E-state index contributed by atoms with van der Waals surface area (Å²) in [6.07, 6.45) is 1.99. The van der Waals surface area contributed by atoms with Gasteiger partial charge in [0.05, 0.1) is 6.10 Å². The van der Waals surface area contributed by atoms with Crippen molar-refractivity contribution in [2.24, 2.45) is 0 Å². The van der Waals surface area contributed by atoms with E-state index in [1.54, 1.807) is 15.6 Å². The predicted octanol–water partition coefficient (Wildman–Crippen LogP) is 3.05. The van der Waals surface area contributed by atoms with E-state index in [0.29, 0.717) is 18.8 Å². The van der Waals surface area contributed by atoms with Gasteiger partial charge in [0, 0.05) is 31.7 Å². The SMILES string of the molecule is CCn1ccc(C(=O)N2CC[C@H](c3ccc4ccccc4c3)[C@@H](O)C2)n1. The number of amides is 1. The van der Waals surface area contributed by atoms with Gasteiger partial charge >= 0.3 is 0 Å². The smallest absolute Gasteiger partial charge is 0.274 e. The van der Waals surface area contributed by atoms with Crippen molar-refractivity contribution >= 4 is 16.7 Å². The molecular formula is C21H23N3O2. The highest BCUT2D eigenvalue weighted by atomic mass is 16.3. The van der Waals surface area contributed by atoms with Crippen molar-refractivity contribution in [3.05, 3.63) is 66.0 Å². The maximum absolute atomic E-state index is 12.6. The van der Waals surface area contributed by atoms with E-state index >= 15 is 0 Å². The van der Waals surface area contributed by atoms with E-state index in [9.17, 15) is 9.90 Å². The summed E-state index contributed by atoms with van der Waals surface area (Å²) in [5.41, 5.74) is 1.58. The molecule has 5 nitrogen and oxygen atoms in total. The van der Waals surface area contributed by atoms with Crippen LogP contribution in [0.1, 0.15) is 35.3 Å². The molecule has 1 saturated heterocycles. The number of aliphatic hydroxyl groups excluding tert-OH is 1. The number of carbonyl (C=O) groups excluding carboxylic acids is 1. The topological polar surface area (TPSA) is 58.4 Å². The summed E-state index contributed by atoms with van der Waals surface area (Å²) in [6, 6.07) is 16.3. The molecule has 1 fully saturated rings. The van der Waals surface area contributed by atoms with Crippen LogP contribution in [-0.4, -0.2) is 44.9 Å². The fourth-order valence-corrected chi connectivity index (χ4v) is 3.76. The lowest BCUT2D eigenvalue weighted by Gasteiger charge is -2.36. The number of benzene rings is 2. The first-order valence-electron chi connectivity index (χ1n) is 9.15. The molecule has 1 aliphatic heterocycles. The standard InChI is InChI=1S/C21H23N3O2/c1-2-24-12-10-19(22-24)21(26)23-11-9-18(20(25)14-23)17-8-7-15-5-3-4-6-16(15)13-17/h3-8,10,12-13,18,20,25H,2,9,11,14H2,1H3/t18-,20+/m1/s1. The number of hydrogen-bond acceptors (Lipinski definition) is 3. The van der Waals surface area contributed by atoms with Crippen molar-refractivity contribution in [2.75, 3.05) is 13.1 Å². The summed E-state index contributed by atoms with van der Waals surface area (Å²) in [7, 11) is 0. The van der Waals surface area contributed by atoms with Gasteiger partial charge < -0.3 is 10.0 Å². The minimum absolute atomic E-state index is 0.0526. The zero-order valence-corrected chi connectivity index (χ0v) is 14.9. The Kier molecular flexibility index (Phi) is 4.47. The van der Waals surface area contributed by atoms with Crippen LogP contribution in [0, 0.1) is 0 Å². The Morgan fingerprint density at radius 2 is 2.00 bits per heavy atom. The molecule has 4 rings (SSSR count). The second-order valence-corrected chi connectivity index (χ2v) is 6.88. The number of aryl methyl sites for hydroxylation is 1. The van der Waals surface area contributed by atoms with Crippen molar-refractivity contribution < 1.29 is 9.90 Å². The van der Waals surface area contributed by atoms with Crippen LogP contribution >= 0.6 is 0 Å². The number of carbonyl (C=O) groups is 1. The quantitative estimate of drug-likeness (QED) is 0.791. The summed E-state index contributed by atoms with van der Waals surface area (Å²) in [5, 5.41) is 17.4. The number of piperidine rings is 1. The van der Waals surface area contributed by atoms with E-state index in [4.69, 9.17) is 0 Å². The average Bonchev–Trinajstić information content (AvgIpc) is 3.16. The summed E-state index contributed by atoms with van der Waals surface area (Å²) >= 11 is 0. The molecule has 0 aliphatic carbocycles. The first kappa shape index (κ1) is 16.8. The molecule has 1 aliphatic rings. The molecule has 2 atom stereocenters. The number of aliphatic hydroxyl groups is 1. The summed E-state index contributed by atoms with van der Waals surface area (Å²) in [5.74, 6) is -0.0509. The highest BCUT2D eigenvalue weighted by Crippen LogP contribution is 2.31. The summed E-state index contributed by atoms with van der Waals surface area (Å²) in [4.78, 5) is 14.3. The van der Waals surface area contributed by atoms with Crippen LogP contribution in [0.3, 0.4) is 0 Å². The van der Waals surface area contributed by atoms with Crippen molar-refractivity contribution in [2.45, 2.75) is 31.9 Å². The van der Waals surface area contributed by atoms with Crippen LogP contribution in [-0.2, 0) is 6.54 Å². The summed E-state index contributed by atoms with van der Waals surface area (Å²) in [6.45, 7) is 3.70. The number of rotatable bonds is 3. The number of fused-ring (bicyclic) bond motifs is 1. The molecule has 0 unspecified atom stereocenters. The number of β-amino-alcohol motifs (C(OH)–C–C–N with tert-alkyl or cyclic N) is 1. The van der Waals surface area contributed by atoms with E-state index in [0.717, 1.165) is 18.5 Å². The zero-order chi connectivity index (χ0) is 18.1. The van der Waals surface area contributed by atoms with Crippen molar-refractivity contribution in [1.82, 2.24) is 14.7 Å². The van der Waals surface area contributed by atoms with Crippen LogP contribution in [0.2, 0.25) is 0 Å². The molecule has 1 amide bonds. The van der Waals surface area contributed by atoms with E-state index in [1.165, 1.54) is 10.8 Å². The van der Waals surface area contributed by atoms with E-state index in [1.807, 2.05) is 25.3 Å². The first-order valence-corrected chi connectivity index (χ1v) is 9.15. The molecule has 26 heavy (non-hydrogen) atoms. The minimum atomic E-state index is -0.567. The fourth-order valence-electron chi connectivity index (χ4n) is 3.76. The monoisotopic (exact) mass is 349 g/mol. The molecule has 0 saturated carbocycles. The van der Waals surface area contributed by atoms with Gasteiger partial charge in [-0.2, -0.15) is 5.10 Å². The third kappa shape index (κ3) is 3.10. The molecule has 134 valence electrons. The lowest BCUT2D eigenvalue weighted by atomic mass is 9.86. The van der Waals surface area contributed by atoms with Gasteiger partial charge in [-0.15, -0.1) is 0 Å². The number of hydrogen-bond donors (Lipinski definition) is 1. The highest BCUT2D eigenvalue weighted by Gasteiger charge is 2.32. The first-order chi connectivity index (χ1) is 12.7. The van der Waals surface area contributed by atoms with Gasteiger partial charge in [0.2, 0.25) is 0 Å². The predicted molar refractivity (Wildman–Crippen MR) is 101 cm³/mol. The van der Waals surface area contributed by atoms with Crippen LogP contribution in [0.5, 0.6) is 0 Å². The van der Waals surface area contributed by atoms with Crippen LogP contribution in [0.25, 0.3) is 10.8 Å². The summed E-state index contributed by atoms with van der Waals surface area (Å²) < 4.78 is 1.74. The van der Waals surface area contributed by atoms with Gasteiger partial charge in [0.15, 0.2) is 0 Å². The van der Waals surface area contributed by atoms with Gasteiger partial charge in [-0.3, -0.25) is 9.48 Å². The number of likely N-dealkylation sites (tertiary alicyclic amines) is 1. The van der Waals surface area contributed by atoms with E-state index in [2.05, 4.69) is 35.4 Å². The fraction of sp³-hybridized carbons (Fsp3) is 0.333. The molecule has 1 N–H and O–H groups in total. The average molecular weight is 349 g/mol. The lowest BCUT2D eigenvalue weighted by molar-refractivity contribution is 0.0377. The Morgan fingerprint density at radius 3 is 2.73 bits per heavy atom. The maximum Gasteiger partial charge on any atom is 0.274 e. The highest BCUT2D eigenvalue weighted by molar-refractivity contribution is 5.92. The molecule has 2 heterocycles. The van der Waals surface area contributed by atoms with Gasteiger partial charge in [-0.05, 0) is 35.7 Å². The van der Waals surface area contributed by atoms with Gasteiger partial charge in [-0.25, -0.2) is 0 Å². The number of aromatic nitrogens is 2. The molecule has 0 radical (unpaired) electrons. The van der Waals surface area contributed by atoms with Crippen molar-refractivity contribution in [3.8, 4) is 0 Å². The third-order valence-corrected chi connectivity index (χ3v) is 5.25. The maximum atomic E-state index is 12.6. The molecule has 2 aromatic carbocycles. The van der Waals surface area contributed by atoms with Crippen LogP contribution < -0.4 is 0 Å². The van der Waals surface area contributed by atoms with Crippen LogP contribution in [0.15, 0.2) is 54.7 Å². The largest absolute Gasteiger partial charge is 0.391 e. The normalized spacial score (nSPS) is 20.5. The molecule has 0 bridgehead atoms. The van der Waals surface area contributed by atoms with Crippen molar-refractivity contribution in [1.29, 1.82) is 0 Å². The molecule has 1 aromatic heterocycles. The third-order valence-electron chi connectivity index (χ3n) is 5.25. The molecule has 0 spiro atoms. The second kappa shape index (κ2) is 6.92. The molecular weight excluding hydrogens is 326 g/mol. The van der Waals surface area contributed by atoms with Crippen molar-refractivity contribution in [3.63, 3.8) is 0 Å². The zero-order valence-electron chi connectivity index (χ0n) is 14.9.